The van der Waals surface area contributed by atoms with Crippen molar-refractivity contribution in [3.05, 3.63) is 34.9 Å². The van der Waals surface area contributed by atoms with Crippen molar-refractivity contribution in [2.75, 3.05) is 11.9 Å². The van der Waals surface area contributed by atoms with Gasteiger partial charge in [-0.25, -0.2) is 4.68 Å². The number of rotatable bonds is 8. The first-order valence-corrected chi connectivity index (χ1v) is 6.86. The zero-order valence-corrected chi connectivity index (χ0v) is 12.6. The van der Waals surface area contributed by atoms with Crippen molar-refractivity contribution >= 4 is 17.3 Å². The van der Waals surface area contributed by atoms with Gasteiger partial charge in [0.05, 0.1) is 23.0 Å². The molecular weight excluding hydrogens is 349 g/mol. The van der Waals surface area contributed by atoms with E-state index in [9.17, 15) is 28.1 Å². The summed E-state index contributed by atoms with van der Waals surface area (Å²) in [5.41, 5.74) is 0.104. The van der Waals surface area contributed by atoms with Gasteiger partial charge < -0.3 is 10.1 Å². The summed E-state index contributed by atoms with van der Waals surface area (Å²) in [6.45, 7) is -1.68. The molecule has 0 fully saturated rings. The van der Waals surface area contributed by atoms with E-state index in [1.807, 2.05) is 0 Å². The maximum absolute atomic E-state index is 11.9. The van der Waals surface area contributed by atoms with E-state index >= 15 is 0 Å². The maximum atomic E-state index is 11.9. The van der Waals surface area contributed by atoms with Crippen molar-refractivity contribution in [2.24, 2.45) is 0 Å². The molecule has 0 bridgehead atoms. The van der Waals surface area contributed by atoms with Crippen LogP contribution in [-0.4, -0.2) is 43.2 Å². The van der Waals surface area contributed by atoms with Crippen LogP contribution in [0.5, 0.6) is 0 Å². The average Bonchev–Trinajstić information content (AvgIpc) is 3.13. The summed E-state index contributed by atoms with van der Waals surface area (Å²) in [5, 5.41) is 20.5. The molecule has 0 atom stereocenters. The first kappa shape index (κ1) is 18.4. The van der Waals surface area contributed by atoms with E-state index in [4.69, 9.17) is 0 Å². The Morgan fingerprint density at radius 3 is 2.64 bits per heavy atom. The smallest absolute Gasteiger partial charge is 0.350 e. The van der Waals surface area contributed by atoms with Crippen LogP contribution in [0.4, 0.5) is 24.5 Å². The molecule has 0 radical (unpaired) electrons. The first-order valence-electron chi connectivity index (χ1n) is 6.86. The fourth-order valence-corrected chi connectivity index (χ4v) is 1.76. The number of alkyl halides is 3. The van der Waals surface area contributed by atoms with E-state index in [0.717, 1.165) is 10.9 Å². The summed E-state index contributed by atoms with van der Waals surface area (Å²) in [6, 6.07) is 0. The van der Waals surface area contributed by atoms with E-state index in [1.165, 1.54) is 23.3 Å². The quantitative estimate of drug-likeness (QED) is 0.562. The van der Waals surface area contributed by atoms with Gasteiger partial charge in [-0.05, 0) is 0 Å². The number of hydrogen-bond donors (Lipinski definition) is 1. The van der Waals surface area contributed by atoms with Gasteiger partial charge in [0.25, 0.3) is 0 Å². The van der Waals surface area contributed by atoms with E-state index in [-0.39, 0.29) is 24.3 Å². The monoisotopic (exact) mass is 362 g/mol. The molecule has 0 saturated heterocycles. The van der Waals surface area contributed by atoms with Crippen LogP contribution in [-0.2, 0) is 22.8 Å². The number of carbonyl (C=O) groups is 1. The molecule has 2 aromatic rings. The predicted octanol–water partition coefficient (Wildman–Crippen LogP) is 1.55. The molecule has 0 unspecified atom stereocenters. The summed E-state index contributed by atoms with van der Waals surface area (Å²) in [7, 11) is 0. The number of anilines is 1. The molecule has 0 aromatic carbocycles. The summed E-state index contributed by atoms with van der Waals surface area (Å²) in [6.07, 6.45) is 0.410. The van der Waals surface area contributed by atoms with Gasteiger partial charge in [0.15, 0.2) is 0 Å². The molecule has 1 amide bonds. The second kappa shape index (κ2) is 7.74. The molecular formula is C12H13F3N6O4. The Kier molecular flexibility index (Phi) is 5.69. The molecule has 0 aliphatic heterocycles. The number of hydrogen-bond acceptors (Lipinski definition) is 6. The van der Waals surface area contributed by atoms with E-state index in [0.29, 0.717) is 0 Å². The molecule has 25 heavy (non-hydrogen) atoms. The van der Waals surface area contributed by atoms with E-state index < -0.39 is 30.3 Å². The van der Waals surface area contributed by atoms with Crippen LogP contribution in [0, 0.1) is 10.1 Å². The lowest BCUT2D eigenvalue weighted by Gasteiger charge is -2.07. The molecule has 0 saturated carbocycles. The van der Waals surface area contributed by atoms with Crippen LogP contribution in [0.2, 0.25) is 0 Å². The van der Waals surface area contributed by atoms with Gasteiger partial charge in [-0.15, -0.1) is 0 Å². The van der Waals surface area contributed by atoms with Gasteiger partial charge in [0, 0.05) is 13.0 Å². The third-order valence-electron chi connectivity index (χ3n) is 2.80. The molecule has 2 rings (SSSR count). The van der Waals surface area contributed by atoms with Gasteiger partial charge in [-0.2, -0.15) is 23.4 Å². The summed E-state index contributed by atoms with van der Waals surface area (Å²) < 4.78 is 42.6. The van der Waals surface area contributed by atoms with Crippen LogP contribution >= 0.6 is 0 Å². The Morgan fingerprint density at radius 2 is 2.00 bits per heavy atom. The Morgan fingerprint density at radius 1 is 1.28 bits per heavy atom. The lowest BCUT2D eigenvalue weighted by Crippen LogP contribution is -2.18. The molecule has 0 spiro atoms. The number of nitro groups is 1. The predicted molar refractivity (Wildman–Crippen MR) is 76.4 cm³/mol. The zero-order valence-electron chi connectivity index (χ0n) is 12.6. The fourth-order valence-electron chi connectivity index (χ4n) is 1.76. The highest BCUT2D eigenvalue weighted by Crippen LogP contribution is 2.15. The fraction of sp³-hybridized carbons (Fsp3) is 0.417. The van der Waals surface area contributed by atoms with Crippen LogP contribution < -0.4 is 5.32 Å². The van der Waals surface area contributed by atoms with Crippen molar-refractivity contribution in [1.29, 1.82) is 0 Å². The second-order valence-electron chi connectivity index (χ2n) is 4.88. The topological polar surface area (TPSA) is 117 Å². The number of halogens is 3. The minimum absolute atomic E-state index is 0.00537. The second-order valence-corrected chi connectivity index (χ2v) is 4.88. The largest absolute Gasteiger partial charge is 0.411 e. The maximum Gasteiger partial charge on any atom is 0.411 e. The summed E-state index contributed by atoms with van der Waals surface area (Å²) in [5.74, 6) is -0.408. The highest BCUT2D eigenvalue weighted by atomic mass is 19.4. The molecule has 2 aromatic heterocycles. The molecule has 0 aliphatic rings. The number of aryl methyl sites for hydroxylation is 1. The number of amides is 1. The normalized spacial score (nSPS) is 11.5. The lowest BCUT2D eigenvalue weighted by molar-refractivity contribution is -0.385. The number of aromatic nitrogens is 4. The third kappa shape index (κ3) is 6.21. The number of nitrogens with zero attached hydrogens (tertiary/aromatic N) is 5. The third-order valence-corrected chi connectivity index (χ3v) is 2.80. The molecule has 2 heterocycles. The molecule has 1 N–H and O–H groups in total. The Balaban J connectivity index is 1.75. The number of carbonyl (C=O) groups excluding carboxylic acids is 1. The SMILES string of the molecule is O=C(CCn1cc([N+](=O)[O-])cn1)Nc1cnn(COCC(F)(F)F)c1. The molecule has 10 nitrogen and oxygen atoms in total. The highest BCUT2D eigenvalue weighted by molar-refractivity contribution is 5.90. The summed E-state index contributed by atoms with van der Waals surface area (Å²) in [4.78, 5) is 21.7. The van der Waals surface area contributed by atoms with Gasteiger partial charge in [0.1, 0.15) is 25.7 Å². The standard InChI is InChI=1S/C12H13F3N6O4/c13-12(14,15)7-25-8-20-5-9(3-16-20)18-11(22)1-2-19-6-10(4-17-19)21(23)24/h3-6H,1-2,7-8H2,(H,18,22). The van der Waals surface area contributed by atoms with Crippen molar-refractivity contribution in [2.45, 2.75) is 25.9 Å². The van der Waals surface area contributed by atoms with Crippen molar-refractivity contribution in [3.63, 3.8) is 0 Å². The van der Waals surface area contributed by atoms with Gasteiger partial charge in [-0.1, -0.05) is 0 Å². The average molecular weight is 362 g/mol. The Bertz CT molecular complexity index is 741. The highest BCUT2D eigenvalue weighted by Gasteiger charge is 2.27. The Labute approximate surface area is 138 Å². The van der Waals surface area contributed by atoms with Crippen LogP contribution in [0.1, 0.15) is 6.42 Å². The lowest BCUT2D eigenvalue weighted by atomic mass is 10.4. The molecule has 13 heteroatoms. The summed E-state index contributed by atoms with van der Waals surface area (Å²) >= 11 is 0. The number of ether oxygens (including phenoxy) is 1. The van der Waals surface area contributed by atoms with E-state index in [2.05, 4.69) is 20.3 Å². The van der Waals surface area contributed by atoms with Crippen LogP contribution in [0.3, 0.4) is 0 Å². The minimum atomic E-state index is -4.42. The van der Waals surface area contributed by atoms with Gasteiger partial charge >= 0.3 is 11.9 Å². The zero-order chi connectivity index (χ0) is 18.4. The van der Waals surface area contributed by atoms with Crippen molar-refractivity contribution < 1.29 is 27.6 Å². The minimum Gasteiger partial charge on any atom is -0.350 e. The van der Waals surface area contributed by atoms with Crippen LogP contribution in [0.25, 0.3) is 0 Å². The van der Waals surface area contributed by atoms with Crippen LogP contribution in [0.15, 0.2) is 24.8 Å². The van der Waals surface area contributed by atoms with Gasteiger partial charge in [0.2, 0.25) is 5.91 Å². The Hall–Kier alpha value is -2.96. The van der Waals surface area contributed by atoms with Crippen molar-refractivity contribution in [1.82, 2.24) is 19.6 Å². The first-order chi connectivity index (χ1) is 11.7. The van der Waals surface area contributed by atoms with Crippen molar-refractivity contribution in [3.8, 4) is 0 Å². The van der Waals surface area contributed by atoms with Gasteiger partial charge in [-0.3, -0.25) is 19.6 Å². The number of nitrogens with one attached hydrogen (secondary N) is 1. The molecule has 136 valence electrons. The van der Waals surface area contributed by atoms with E-state index in [1.54, 1.807) is 0 Å². The molecule has 0 aliphatic carbocycles.